The lowest BCUT2D eigenvalue weighted by Crippen LogP contribution is -2.44. The maximum Gasteiger partial charge on any atom is 0.493 e. The quantitative estimate of drug-likeness (QED) is 0.518. The van der Waals surface area contributed by atoms with Crippen LogP contribution in [0.2, 0.25) is 0 Å². The summed E-state index contributed by atoms with van der Waals surface area (Å²) in [5.41, 5.74) is 0. The first kappa shape index (κ1) is 8.82. The van der Waals surface area contributed by atoms with E-state index in [2.05, 4.69) is 14.7 Å². The molecular formula is C5H6F3N3O. The molecule has 0 aromatic rings. The number of hydrogen-bond acceptors (Lipinski definition) is 4. The van der Waals surface area contributed by atoms with Crippen molar-refractivity contribution in [1.29, 1.82) is 0 Å². The first-order chi connectivity index (χ1) is 5.55. The SMILES string of the molecule is COC1=NCN=CN1C(F)(F)F. The van der Waals surface area contributed by atoms with Crippen molar-refractivity contribution < 1.29 is 17.9 Å². The van der Waals surface area contributed by atoms with E-state index in [-0.39, 0.29) is 11.6 Å². The number of aliphatic imine (C=N–C) groups is 2. The summed E-state index contributed by atoms with van der Waals surface area (Å²) in [7, 11) is 1.12. The van der Waals surface area contributed by atoms with Gasteiger partial charge in [0.05, 0.1) is 7.11 Å². The lowest BCUT2D eigenvalue weighted by atomic mass is 10.7. The highest BCUT2D eigenvalue weighted by Crippen LogP contribution is 2.21. The molecule has 0 bridgehead atoms. The Morgan fingerprint density at radius 3 is 2.67 bits per heavy atom. The van der Waals surface area contributed by atoms with Gasteiger partial charge in [-0.1, -0.05) is 0 Å². The molecule has 1 heterocycles. The minimum Gasteiger partial charge on any atom is -0.468 e. The monoisotopic (exact) mass is 181 g/mol. The van der Waals surface area contributed by atoms with Crippen LogP contribution < -0.4 is 0 Å². The van der Waals surface area contributed by atoms with Crippen molar-refractivity contribution in [1.82, 2.24) is 4.90 Å². The predicted molar refractivity (Wildman–Crippen MR) is 35.7 cm³/mol. The number of nitrogens with zero attached hydrogens (tertiary/aromatic N) is 3. The second-order valence-electron chi connectivity index (χ2n) is 1.92. The molecule has 0 N–H and O–H groups in total. The lowest BCUT2D eigenvalue weighted by Gasteiger charge is -2.23. The van der Waals surface area contributed by atoms with Crippen LogP contribution in [-0.2, 0) is 4.74 Å². The summed E-state index contributed by atoms with van der Waals surface area (Å²) >= 11 is 0. The zero-order valence-electron chi connectivity index (χ0n) is 6.17. The number of rotatable bonds is 0. The second kappa shape index (κ2) is 3.00. The van der Waals surface area contributed by atoms with Crippen molar-refractivity contribution in [2.45, 2.75) is 6.30 Å². The molecule has 0 atom stereocenters. The van der Waals surface area contributed by atoms with Gasteiger partial charge in [0.25, 0.3) is 0 Å². The van der Waals surface area contributed by atoms with Crippen LogP contribution in [0.3, 0.4) is 0 Å². The molecule has 0 spiro atoms. The molecular weight excluding hydrogens is 175 g/mol. The number of halogens is 3. The minimum atomic E-state index is -4.53. The highest BCUT2D eigenvalue weighted by atomic mass is 19.4. The summed E-state index contributed by atoms with van der Waals surface area (Å²) in [5.74, 6) is 0. The summed E-state index contributed by atoms with van der Waals surface area (Å²) in [4.78, 5) is 6.65. The fourth-order valence-corrected chi connectivity index (χ4v) is 0.682. The average Bonchev–Trinajstić information content (AvgIpc) is 2.03. The topological polar surface area (TPSA) is 37.2 Å². The molecule has 0 aliphatic carbocycles. The first-order valence-corrected chi connectivity index (χ1v) is 3.00. The van der Waals surface area contributed by atoms with Gasteiger partial charge in [-0.05, 0) is 0 Å². The van der Waals surface area contributed by atoms with Crippen molar-refractivity contribution in [3.05, 3.63) is 0 Å². The van der Waals surface area contributed by atoms with Gasteiger partial charge >= 0.3 is 12.3 Å². The maximum absolute atomic E-state index is 12.1. The largest absolute Gasteiger partial charge is 0.493 e. The third-order valence-electron chi connectivity index (χ3n) is 1.15. The van der Waals surface area contributed by atoms with Crippen LogP contribution in [0.4, 0.5) is 13.2 Å². The Kier molecular flexibility index (Phi) is 2.20. The third-order valence-corrected chi connectivity index (χ3v) is 1.15. The van der Waals surface area contributed by atoms with E-state index in [1.165, 1.54) is 0 Å². The van der Waals surface area contributed by atoms with Gasteiger partial charge < -0.3 is 4.74 Å². The fraction of sp³-hybridized carbons (Fsp3) is 0.600. The van der Waals surface area contributed by atoms with E-state index in [0.29, 0.717) is 6.34 Å². The van der Waals surface area contributed by atoms with Crippen LogP contribution in [-0.4, -0.2) is 37.3 Å². The standard InChI is InChI=1S/C5H6F3N3O/c1-12-4-10-2-9-3-11(4)5(6,7)8/h3H,2H2,1H3. The van der Waals surface area contributed by atoms with Crippen LogP contribution >= 0.6 is 0 Å². The molecule has 4 nitrogen and oxygen atoms in total. The van der Waals surface area contributed by atoms with Crippen LogP contribution in [0.5, 0.6) is 0 Å². The van der Waals surface area contributed by atoms with E-state index < -0.39 is 12.3 Å². The molecule has 0 amide bonds. The van der Waals surface area contributed by atoms with E-state index in [1.807, 2.05) is 0 Å². The Morgan fingerprint density at radius 1 is 1.58 bits per heavy atom. The van der Waals surface area contributed by atoms with Crippen LogP contribution in [0, 0.1) is 0 Å². The Morgan fingerprint density at radius 2 is 2.25 bits per heavy atom. The number of hydrogen-bond donors (Lipinski definition) is 0. The van der Waals surface area contributed by atoms with Crippen molar-refractivity contribution >= 4 is 12.4 Å². The van der Waals surface area contributed by atoms with Crippen molar-refractivity contribution in [2.24, 2.45) is 9.98 Å². The molecule has 0 unspecified atom stereocenters. The summed E-state index contributed by atoms with van der Waals surface area (Å²) < 4.78 is 40.6. The van der Waals surface area contributed by atoms with Gasteiger partial charge in [-0.3, -0.25) is 4.99 Å². The van der Waals surface area contributed by atoms with E-state index in [0.717, 1.165) is 7.11 Å². The Labute approximate surface area is 66.4 Å². The molecule has 7 heteroatoms. The first-order valence-electron chi connectivity index (χ1n) is 3.00. The number of alkyl halides is 3. The summed E-state index contributed by atoms with van der Waals surface area (Å²) in [6, 6.07) is -0.488. The Bertz CT molecular complexity index is 222. The molecule has 1 aliphatic heterocycles. The maximum atomic E-state index is 12.1. The van der Waals surface area contributed by atoms with Gasteiger partial charge in [0, 0.05) is 0 Å². The van der Waals surface area contributed by atoms with Gasteiger partial charge in [-0.2, -0.15) is 4.90 Å². The predicted octanol–water partition coefficient (Wildman–Crippen LogP) is 0.810. The smallest absolute Gasteiger partial charge is 0.468 e. The van der Waals surface area contributed by atoms with E-state index >= 15 is 0 Å². The van der Waals surface area contributed by atoms with Crippen molar-refractivity contribution in [3.8, 4) is 0 Å². The third kappa shape index (κ3) is 1.66. The molecule has 1 aliphatic rings. The summed E-state index contributed by atoms with van der Waals surface area (Å²) in [6.45, 7) is -0.0320. The highest BCUT2D eigenvalue weighted by Gasteiger charge is 2.40. The summed E-state index contributed by atoms with van der Waals surface area (Å²) in [5, 5.41) is 0. The van der Waals surface area contributed by atoms with E-state index in [4.69, 9.17) is 0 Å². The molecule has 12 heavy (non-hydrogen) atoms. The molecule has 0 aromatic carbocycles. The van der Waals surface area contributed by atoms with Gasteiger partial charge in [0.2, 0.25) is 0 Å². The minimum absolute atomic E-state index is 0.0320. The molecule has 0 radical (unpaired) electrons. The fourth-order valence-electron chi connectivity index (χ4n) is 0.682. The zero-order chi connectivity index (χ0) is 9.19. The van der Waals surface area contributed by atoms with Crippen molar-refractivity contribution in [2.75, 3.05) is 13.8 Å². The molecule has 68 valence electrons. The Hall–Kier alpha value is -1.27. The summed E-state index contributed by atoms with van der Waals surface area (Å²) in [6.07, 6.45) is -3.88. The highest BCUT2D eigenvalue weighted by molar-refractivity contribution is 5.87. The van der Waals surface area contributed by atoms with Crippen LogP contribution in [0.15, 0.2) is 9.98 Å². The number of amidine groups is 1. The molecule has 0 saturated carbocycles. The Balaban J connectivity index is 2.80. The van der Waals surface area contributed by atoms with Gasteiger partial charge in [-0.15, -0.1) is 13.2 Å². The van der Waals surface area contributed by atoms with E-state index in [1.54, 1.807) is 0 Å². The van der Waals surface area contributed by atoms with Gasteiger partial charge in [0.15, 0.2) is 0 Å². The number of methoxy groups -OCH3 is 1. The number of ether oxygens (including phenoxy) is 1. The van der Waals surface area contributed by atoms with Crippen LogP contribution in [0.25, 0.3) is 0 Å². The van der Waals surface area contributed by atoms with Crippen molar-refractivity contribution in [3.63, 3.8) is 0 Å². The van der Waals surface area contributed by atoms with Gasteiger partial charge in [0.1, 0.15) is 13.0 Å². The molecule has 0 fully saturated rings. The van der Waals surface area contributed by atoms with Crippen LogP contribution in [0.1, 0.15) is 0 Å². The van der Waals surface area contributed by atoms with Gasteiger partial charge in [-0.25, -0.2) is 4.99 Å². The second-order valence-corrected chi connectivity index (χ2v) is 1.92. The average molecular weight is 181 g/mol. The molecule has 0 saturated heterocycles. The lowest BCUT2D eigenvalue weighted by molar-refractivity contribution is -0.197. The molecule has 1 rings (SSSR count). The zero-order valence-corrected chi connectivity index (χ0v) is 6.17. The molecule has 0 aromatic heterocycles. The van der Waals surface area contributed by atoms with E-state index in [9.17, 15) is 13.2 Å². The normalized spacial score (nSPS) is 17.7.